The topological polar surface area (TPSA) is 189 Å². The van der Waals surface area contributed by atoms with E-state index in [1.165, 1.54) is 0 Å². The zero-order valence-corrected chi connectivity index (χ0v) is 20.9. The fourth-order valence-electron chi connectivity index (χ4n) is 2.70. The van der Waals surface area contributed by atoms with Crippen LogP contribution in [0.25, 0.3) is 0 Å². The standard InChI is InChI=1S/C20H35O14P/c1-6-8-27-18-17(23)16(22)15(21)14(34-18)7-9-35(26,30-10-28-19(24)32-12(2)3)31-11-29-20(25)33-13(4)5/h1,12-19,21-24H,7-11H2,2-5H3. The molecule has 1 saturated heterocycles. The molecule has 0 spiro atoms. The number of hydrogen-bond acceptors (Lipinski definition) is 14. The molecule has 0 bridgehead atoms. The van der Waals surface area contributed by atoms with Crippen molar-refractivity contribution in [3.05, 3.63) is 0 Å². The molecule has 1 heterocycles. The average molecular weight is 530 g/mol. The second-order valence-electron chi connectivity index (χ2n) is 7.87. The van der Waals surface area contributed by atoms with Crippen LogP contribution in [0, 0.1) is 12.3 Å². The van der Waals surface area contributed by atoms with E-state index in [1.54, 1.807) is 27.7 Å². The van der Waals surface area contributed by atoms with Gasteiger partial charge in [-0.25, -0.2) is 4.79 Å². The first kappa shape index (κ1) is 31.7. The van der Waals surface area contributed by atoms with E-state index in [-0.39, 0.29) is 19.1 Å². The Hall–Kier alpha value is -1.34. The molecule has 1 fully saturated rings. The zero-order valence-electron chi connectivity index (χ0n) is 20.1. The van der Waals surface area contributed by atoms with Gasteiger partial charge in [0.2, 0.25) is 6.79 Å². The van der Waals surface area contributed by atoms with Crippen molar-refractivity contribution in [1.82, 2.24) is 0 Å². The highest BCUT2D eigenvalue weighted by atomic mass is 31.2. The Balaban J connectivity index is 2.78. The molecule has 0 aromatic rings. The summed E-state index contributed by atoms with van der Waals surface area (Å²) < 4.78 is 53.3. The fraction of sp³-hybridized carbons (Fsp3) is 0.850. The molecule has 0 aromatic heterocycles. The molecule has 0 radical (unpaired) electrons. The van der Waals surface area contributed by atoms with Gasteiger partial charge in [-0.3, -0.25) is 13.6 Å². The first-order valence-corrected chi connectivity index (χ1v) is 12.5. The summed E-state index contributed by atoms with van der Waals surface area (Å²) in [5.41, 5.74) is 0. The Morgan fingerprint density at radius 1 is 1.06 bits per heavy atom. The van der Waals surface area contributed by atoms with E-state index >= 15 is 0 Å². The summed E-state index contributed by atoms with van der Waals surface area (Å²) in [6, 6.07) is 0. The highest BCUT2D eigenvalue weighted by Crippen LogP contribution is 2.49. The van der Waals surface area contributed by atoms with Gasteiger partial charge >= 0.3 is 13.8 Å². The van der Waals surface area contributed by atoms with E-state index in [4.69, 9.17) is 43.9 Å². The van der Waals surface area contributed by atoms with Crippen LogP contribution in [0.15, 0.2) is 0 Å². The van der Waals surface area contributed by atoms with Crippen molar-refractivity contribution in [3.8, 4) is 12.3 Å². The second kappa shape index (κ2) is 15.7. The first-order chi connectivity index (χ1) is 16.4. The molecule has 7 unspecified atom stereocenters. The van der Waals surface area contributed by atoms with Gasteiger partial charge in [0, 0.05) is 0 Å². The van der Waals surface area contributed by atoms with E-state index in [2.05, 4.69) is 5.92 Å². The van der Waals surface area contributed by atoms with Gasteiger partial charge in [0.15, 0.2) is 13.1 Å². The van der Waals surface area contributed by atoms with Gasteiger partial charge in [-0.05, 0) is 34.1 Å². The summed E-state index contributed by atoms with van der Waals surface area (Å²) in [5, 5.41) is 39.9. The van der Waals surface area contributed by atoms with Crippen LogP contribution in [0.2, 0.25) is 0 Å². The molecule has 1 rings (SSSR count). The summed E-state index contributed by atoms with van der Waals surface area (Å²) in [7, 11) is -4.10. The largest absolute Gasteiger partial charge is 0.510 e. The third kappa shape index (κ3) is 12.0. The molecular weight excluding hydrogens is 495 g/mol. The molecule has 1 aliphatic rings. The molecule has 0 aliphatic carbocycles. The molecule has 1 aliphatic heterocycles. The molecule has 0 aromatic carbocycles. The van der Waals surface area contributed by atoms with Gasteiger partial charge in [-0.1, -0.05) is 5.92 Å². The maximum Gasteiger partial charge on any atom is 0.510 e. The molecule has 4 N–H and O–H groups in total. The van der Waals surface area contributed by atoms with Gasteiger partial charge in [0.05, 0.1) is 24.5 Å². The Labute approximate surface area is 203 Å². The van der Waals surface area contributed by atoms with Crippen LogP contribution in [-0.4, -0.2) is 102 Å². The quantitative estimate of drug-likeness (QED) is 0.0976. The molecule has 15 heteroatoms. The second-order valence-corrected chi connectivity index (χ2v) is 10.1. The van der Waals surface area contributed by atoms with Crippen molar-refractivity contribution in [2.24, 2.45) is 0 Å². The Morgan fingerprint density at radius 3 is 2.31 bits per heavy atom. The van der Waals surface area contributed by atoms with E-state index < -0.39 is 76.8 Å². The van der Waals surface area contributed by atoms with E-state index in [1.807, 2.05) is 0 Å². The number of hydrogen-bond donors (Lipinski definition) is 4. The van der Waals surface area contributed by atoms with Crippen LogP contribution in [0.3, 0.4) is 0 Å². The summed E-state index contributed by atoms with van der Waals surface area (Å²) in [5.74, 6) is 2.18. The summed E-state index contributed by atoms with van der Waals surface area (Å²) in [4.78, 5) is 11.5. The Bertz CT molecular complexity index is 710. The maximum atomic E-state index is 13.2. The summed E-state index contributed by atoms with van der Waals surface area (Å²) in [6.07, 6.45) is -4.74. The van der Waals surface area contributed by atoms with E-state index in [0.29, 0.717) is 0 Å². The number of ether oxygens (including phenoxy) is 6. The third-order valence-electron chi connectivity index (χ3n) is 4.29. The van der Waals surface area contributed by atoms with Crippen LogP contribution >= 0.6 is 7.60 Å². The number of aliphatic hydroxyl groups is 4. The van der Waals surface area contributed by atoms with Crippen LogP contribution < -0.4 is 0 Å². The molecule has 0 saturated carbocycles. The Kier molecular flexibility index (Phi) is 14.2. The van der Waals surface area contributed by atoms with Gasteiger partial charge < -0.3 is 48.8 Å². The monoisotopic (exact) mass is 530 g/mol. The number of carbonyl (C=O) groups excluding carboxylic acids is 1. The van der Waals surface area contributed by atoms with E-state index in [0.717, 1.165) is 0 Å². The number of rotatable bonds is 15. The van der Waals surface area contributed by atoms with Crippen molar-refractivity contribution in [3.63, 3.8) is 0 Å². The normalized spacial score (nSPS) is 27.3. The average Bonchev–Trinajstić information content (AvgIpc) is 2.75. The van der Waals surface area contributed by atoms with Gasteiger partial charge in [0.25, 0.3) is 6.48 Å². The van der Waals surface area contributed by atoms with Crippen molar-refractivity contribution in [2.45, 2.75) is 83.5 Å². The van der Waals surface area contributed by atoms with Crippen LogP contribution in [0.5, 0.6) is 0 Å². The van der Waals surface area contributed by atoms with Crippen LogP contribution in [-0.2, 0) is 42.0 Å². The van der Waals surface area contributed by atoms with E-state index in [9.17, 15) is 29.8 Å². The number of terminal acetylenes is 1. The number of carbonyl (C=O) groups is 1. The predicted octanol–water partition coefficient (Wildman–Crippen LogP) is 0.254. The smallest absolute Gasteiger partial charge is 0.432 e. The minimum Gasteiger partial charge on any atom is -0.432 e. The lowest BCUT2D eigenvalue weighted by atomic mass is 9.97. The SMILES string of the molecule is C#CCOC1OC(CCP(=O)(OCOC(=O)OC(C)C)OCOC(O)OC(C)C)C(O)C(O)C1O. The highest BCUT2D eigenvalue weighted by molar-refractivity contribution is 7.53. The van der Waals surface area contributed by atoms with Crippen molar-refractivity contribution >= 4 is 13.8 Å². The van der Waals surface area contributed by atoms with Gasteiger partial charge in [-0.2, -0.15) is 0 Å². The minimum atomic E-state index is -4.10. The predicted molar refractivity (Wildman–Crippen MR) is 116 cm³/mol. The van der Waals surface area contributed by atoms with Crippen molar-refractivity contribution in [2.75, 3.05) is 26.4 Å². The third-order valence-corrected chi connectivity index (χ3v) is 6.10. The first-order valence-electron chi connectivity index (χ1n) is 10.8. The molecule has 7 atom stereocenters. The van der Waals surface area contributed by atoms with Gasteiger partial charge in [0.1, 0.15) is 24.9 Å². The summed E-state index contributed by atoms with van der Waals surface area (Å²) in [6.45, 7) is 3.05. The zero-order chi connectivity index (χ0) is 26.6. The fourth-order valence-corrected chi connectivity index (χ4v) is 4.04. The molecule has 0 amide bonds. The molecule has 35 heavy (non-hydrogen) atoms. The maximum absolute atomic E-state index is 13.2. The molecule has 204 valence electrons. The minimum absolute atomic E-state index is 0.223. The molecular formula is C20H35O14P. The lowest BCUT2D eigenvalue weighted by Crippen LogP contribution is -2.58. The Morgan fingerprint density at radius 2 is 1.71 bits per heavy atom. The summed E-state index contributed by atoms with van der Waals surface area (Å²) >= 11 is 0. The molecule has 14 nitrogen and oxygen atoms in total. The van der Waals surface area contributed by atoms with Crippen LogP contribution in [0.1, 0.15) is 34.1 Å². The lowest BCUT2D eigenvalue weighted by molar-refractivity contribution is -0.295. The lowest BCUT2D eigenvalue weighted by Gasteiger charge is -2.40. The number of aliphatic hydroxyl groups excluding tert-OH is 4. The van der Waals surface area contributed by atoms with Crippen molar-refractivity contribution in [1.29, 1.82) is 0 Å². The van der Waals surface area contributed by atoms with Crippen molar-refractivity contribution < 1.29 is 67.3 Å². The van der Waals surface area contributed by atoms with Crippen LogP contribution in [0.4, 0.5) is 4.79 Å². The van der Waals surface area contributed by atoms with Gasteiger partial charge in [-0.15, -0.1) is 6.42 Å². The highest BCUT2D eigenvalue weighted by Gasteiger charge is 2.45.